The summed E-state index contributed by atoms with van der Waals surface area (Å²) in [4.78, 5) is 4.87. The van der Waals surface area contributed by atoms with Gasteiger partial charge in [0.1, 0.15) is 10.0 Å². The smallest absolute Gasteiger partial charge is 0.263 e. The summed E-state index contributed by atoms with van der Waals surface area (Å²) in [6.07, 6.45) is 1.54. The summed E-state index contributed by atoms with van der Waals surface area (Å²) in [5.41, 5.74) is 0. The highest BCUT2D eigenvalue weighted by atomic mass is 32.2. The number of hydrogen-bond donors (Lipinski definition) is 1. The predicted molar refractivity (Wildman–Crippen MR) is 64.1 cm³/mol. The second-order valence-electron chi connectivity index (χ2n) is 3.19. The number of sulfonamides is 1. The first-order valence-electron chi connectivity index (χ1n) is 4.58. The van der Waals surface area contributed by atoms with Gasteiger partial charge in [-0.1, -0.05) is 6.07 Å². The maximum Gasteiger partial charge on any atom is 0.272 e. The lowest BCUT2D eigenvalue weighted by Crippen LogP contribution is -2.12. The zero-order chi connectivity index (χ0) is 11.6. The van der Waals surface area contributed by atoms with Gasteiger partial charge < -0.3 is 0 Å². The minimum Gasteiger partial charge on any atom is -0.263 e. The monoisotopic (exact) mass is 254 g/mol. The van der Waals surface area contributed by atoms with Crippen LogP contribution in [-0.4, -0.2) is 13.4 Å². The van der Waals surface area contributed by atoms with Crippen LogP contribution in [0.15, 0.2) is 40.7 Å². The second-order valence-corrected chi connectivity index (χ2v) is 6.38. The van der Waals surface area contributed by atoms with E-state index in [9.17, 15) is 8.42 Å². The number of nitrogens with one attached hydrogen (secondary N) is 1. The van der Waals surface area contributed by atoms with Gasteiger partial charge >= 0.3 is 0 Å². The van der Waals surface area contributed by atoms with Crippen molar-refractivity contribution in [3.8, 4) is 0 Å². The van der Waals surface area contributed by atoms with Crippen LogP contribution in [0.2, 0.25) is 0 Å². The Morgan fingerprint density at radius 1 is 1.25 bits per heavy atom. The molecule has 2 heterocycles. The van der Waals surface area contributed by atoms with E-state index in [0.29, 0.717) is 10.0 Å². The minimum absolute atomic E-state index is 0.302. The first-order valence-corrected chi connectivity index (χ1v) is 6.88. The Bertz CT molecular complexity index is 576. The van der Waals surface area contributed by atoms with Crippen LogP contribution >= 0.6 is 11.3 Å². The van der Waals surface area contributed by atoms with Crippen molar-refractivity contribution in [2.75, 3.05) is 4.72 Å². The summed E-state index contributed by atoms with van der Waals surface area (Å²) in [7, 11) is -3.49. The molecule has 0 aromatic carbocycles. The molecule has 84 valence electrons. The van der Waals surface area contributed by atoms with Crippen LogP contribution in [0.1, 0.15) is 4.88 Å². The van der Waals surface area contributed by atoms with Crippen molar-refractivity contribution >= 4 is 27.2 Å². The molecule has 0 bridgehead atoms. The van der Waals surface area contributed by atoms with Gasteiger partial charge in [0.25, 0.3) is 10.0 Å². The Hall–Kier alpha value is -1.40. The summed E-state index contributed by atoms with van der Waals surface area (Å²) < 4.78 is 26.5. The third-order valence-electron chi connectivity index (χ3n) is 1.88. The van der Waals surface area contributed by atoms with Crippen LogP contribution < -0.4 is 4.72 Å². The van der Waals surface area contributed by atoms with Gasteiger partial charge in [0.2, 0.25) is 0 Å². The van der Waals surface area contributed by atoms with E-state index < -0.39 is 10.0 Å². The predicted octanol–water partition coefficient (Wildman–Crippen LogP) is 2.25. The Labute approximate surface area is 98.0 Å². The number of pyridine rings is 1. The lowest BCUT2D eigenvalue weighted by atomic mass is 10.5. The van der Waals surface area contributed by atoms with Gasteiger partial charge in [-0.2, -0.15) is 0 Å². The minimum atomic E-state index is -3.49. The summed E-state index contributed by atoms with van der Waals surface area (Å²) in [5, 5.41) is 0. The molecular weight excluding hydrogens is 244 g/mol. The van der Waals surface area contributed by atoms with Crippen molar-refractivity contribution < 1.29 is 8.42 Å². The molecule has 0 aliphatic carbocycles. The van der Waals surface area contributed by atoms with Crippen molar-refractivity contribution in [3.63, 3.8) is 0 Å². The highest BCUT2D eigenvalue weighted by molar-refractivity contribution is 7.94. The lowest BCUT2D eigenvalue weighted by molar-refractivity contribution is 0.603. The third-order valence-corrected chi connectivity index (χ3v) is 4.73. The normalized spacial score (nSPS) is 11.3. The molecule has 0 aliphatic heterocycles. The molecule has 0 radical (unpaired) electrons. The van der Waals surface area contributed by atoms with Crippen molar-refractivity contribution in [1.82, 2.24) is 4.98 Å². The summed E-state index contributed by atoms with van der Waals surface area (Å²) >= 11 is 1.24. The van der Waals surface area contributed by atoms with Crippen molar-refractivity contribution in [1.29, 1.82) is 0 Å². The van der Waals surface area contributed by atoms with Gasteiger partial charge in [-0.15, -0.1) is 11.3 Å². The first kappa shape index (κ1) is 11.1. The molecule has 0 aliphatic rings. The third kappa shape index (κ3) is 2.40. The van der Waals surface area contributed by atoms with E-state index >= 15 is 0 Å². The molecule has 0 atom stereocenters. The zero-order valence-electron chi connectivity index (χ0n) is 8.54. The van der Waals surface area contributed by atoms with Crippen LogP contribution in [0, 0.1) is 6.92 Å². The fourth-order valence-electron chi connectivity index (χ4n) is 1.17. The van der Waals surface area contributed by atoms with E-state index in [1.54, 1.807) is 30.3 Å². The molecule has 16 heavy (non-hydrogen) atoms. The van der Waals surface area contributed by atoms with Crippen LogP contribution in [0.5, 0.6) is 0 Å². The van der Waals surface area contributed by atoms with Crippen molar-refractivity contribution in [3.05, 3.63) is 41.4 Å². The van der Waals surface area contributed by atoms with Gasteiger partial charge in [0, 0.05) is 11.1 Å². The number of aromatic nitrogens is 1. The lowest BCUT2D eigenvalue weighted by Gasteiger charge is -2.03. The van der Waals surface area contributed by atoms with Crippen LogP contribution in [-0.2, 0) is 10.0 Å². The molecule has 2 aromatic rings. The SMILES string of the molecule is Cc1ccc(S(=O)(=O)Nc2ccccn2)s1. The molecule has 0 spiro atoms. The summed E-state index contributed by atoms with van der Waals surface area (Å²) in [5.74, 6) is 0.327. The Morgan fingerprint density at radius 3 is 2.62 bits per heavy atom. The van der Waals surface area contributed by atoms with E-state index in [2.05, 4.69) is 9.71 Å². The van der Waals surface area contributed by atoms with E-state index in [1.807, 2.05) is 6.92 Å². The second kappa shape index (κ2) is 4.23. The quantitative estimate of drug-likeness (QED) is 0.914. The highest BCUT2D eigenvalue weighted by Gasteiger charge is 2.16. The Balaban J connectivity index is 2.28. The largest absolute Gasteiger partial charge is 0.272 e. The molecule has 0 saturated carbocycles. The Kier molecular flexibility index (Phi) is 2.93. The standard InChI is InChI=1S/C10H10N2O2S2/c1-8-5-6-10(15-8)16(13,14)12-9-4-2-3-7-11-9/h2-7H,1H3,(H,11,12). The molecule has 2 aromatic heterocycles. The number of aryl methyl sites for hydroxylation is 1. The molecule has 1 N–H and O–H groups in total. The topological polar surface area (TPSA) is 59.1 Å². The number of hydrogen-bond acceptors (Lipinski definition) is 4. The molecule has 0 saturated heterocycles. The molecule has 4 nitrogen and oxygen atoms in total. The molecule has 2 rings (SSSR count). The fraction of sp³-hybridized carbons (Fsp3) is 0.100. The van der Waals surface area contributed by atoms with Crippen molar-refractivity contribution in [2.24, 2.45) is 0 Å². The van der Waals surface area contributed by atoms with Gasteiger partial charge in [0.15, 0.2) is 0 Å². The molecule has 0 fully saturated rings. The van der Waals surface area contributed by atoms with Crippen LogP contribution in [0.3, 0.4) is 0 Å². The van der Waals surface area contributed by atoms with Crippen molar-refractivity contribution in [2.45, 2.75) is 11.1 Å². The van der Waals surface area contributed by atoms with Crippen LogP contribution in [0.25, 0.3) is 0 Å². The van der Waals surface area contributed by atoms with Gasteiger partial charge in [0.05, 0.1) is 0 Å². The summed E-state index contributed by atoms with van der Waals surface area (Å²) in [6.45, 7) is 1.87. The van der Waals surface area contributed by atoms with Crippen LogP contribution in [0.4, 0.5) is 5.82 Å². The maximum absolute atomic E-state index is 11.9. The molecular formula is C10H10N2O2S2. The zero-order valence-corrected chi connectivity index (χ0v) is 10.2. The average molecular weight is 254 g/mol. The highest BCUT2D eigenvalue weighted by Crippen LogP contribution is 2.22. The van der Waals surface area contributed by atoms with Gasteiger partial charge in [-0.25, -0.2) is 13.4 Å². The van der Waals surface area contributed by atoms with E-state index in [1.165, 1.54) is 17.5 Å². The number of thiophene rings is 1. The molecule has 0 amide bonds. The average Bonchev–Trinajstić information content (AvgIpc) is 2.66. The number of anilines is 1. The summed E-state index contributed by atoms with van der Waals surface area (Å²) in [6, 6.07) is 8.43. The van der Waals surface area contributed by atoms with Gasteiger partial charge in [-0.05, 0) is 31.2 Å². The molecule has 0 unspecified atom stereocenters. The molecule has 6 heteroatoms. The number of nitrogens with zero attached hydrogens (tertiary/aromatic N) is 1. The van der Waals surface area contributed by atoms with E-state index in [-0.39, 0.29) is 0 Å². The van der Waals surface area contributed by atoms with Gasteiger partial charge in [-0.3, -0.25) is 4.72 Å². The number of rotatable bonds is 3. The van der Waals surface area contributed by atoms with E-state index in [4.69, 9.17) is 0 Å². The fourth-order valence-corrected chi connectivity index (χ4v) is 3.46. The first-order chi connectivity index (χ1) is 7.58. The van der Waals surface area contributed by atoms with E-state index in [0.717, 1.165) is 4.88 Å². The Morgan fingerprint density at radius 2 is 2.06 bits per heavy atom. The maximum atomic E-state index is 11.9.